The van der Waals surface area contributed by atoms with Crippen molar-refractivity contribution in [2.45, 2.75) is 37.8 Å². The number of ether oxygens (including phenoxy) is 2. The summed E-state index contributed by atoms with van der Waals surface area (Å²) < 4.78 is 17.4. The number of likely N-dealkylation sites (tertiary alicyclic amines) is 1. The first-order valence-electron chi connectivity index (χ1n) is 11.5. The smallest absolute Gasteiger partial charge is 0.313 e. The number of amides is 1. The van der Waals surface area contributed by atoms with Crippen LogP contribution in [0.5, 0.6) is 11.5 Å². The van der Waals surface area contributed by atoms with Gasteiger partial charge < -0.3 is 18.8 Å². The molecule has 7 nitrogen and oxygen atoms in total. The number of furan rings is 1. The molecule has 0 atom stereocenters. The van der Waals surface area contributed by atoms with Crippen LogP contribution in [-0.2, 0) is 0 Å². The fraction of sp³-hybridized carbons (Fsp3) is 0.385. The molecule has 2 aromatic carbocycles. The number of piperidine rings is 1. The SMILES string of the molecule is [CH]c1ccc(OCCN(O)C(=O)c2cc3cc(OC4CCN(C5CC5)CC4)ccc3o2)cc1. The van der Waals surface area contributed by atoms with Crippen molar-refractivity contribution in [3.8, 4) is 11.5 Å². The lowest BCUT2D eigenvalue weighted by atomic mass is 10.1. The first kappa shape index (κ1) is 21.8. The minimum atomic E-state index is -0.623. The molecule has 3 aromatic rings. The number of rotatable bonds is 8. The van der Waals surface area contributed by atoms with Gasteiger partial charge in [-0.05, 0) is 74.6 Å². The standard InChI is InChI=1S/C26H28N2O5/c1-18-2-6-21(7-3-18)31-15-14-28(30)26(29)25-17-19-16-23(8-9-24(19)33-25)32-22-10-12-27(13-11-22)20-4-5-20/h1-3,6-9,16-17,20,22,30H,4-5,10-15H2. The largest absolute Gasteiger partial charge is 0.492 e. The van der Waals surface area contributed by atoms with Gasteiger partial charge in [-0.2, -0.15) is 0 Å². The zero-order valence-electron chi connectivity index (χ0n) is 18.5. The van der Waals surface area contributed by atoms with E-state index in [0.29, 0.717) is 22.0 Å². The maximum absolute atomic E-state index is 12.6. The summed E-state index contributed by atoms with van der Waals surface area (Å²) in [6.45, 7) is 7.95. The van der Waals surface area contributed by atoms with E-state index in [1.54, 1.807) is 36.4 Å². The lowest BCUT2D eigenvalue weighted by Crippen LogP contribution is -2.39. The van der Waals surface area contributed by atoms with Gasteiger partial charge in [-0.3, -0.25) is 10.0 Å². The summed E-state index contributed by atoms with van der Waals surface area (Å²) in [4.78, 5) is 15.1. The molecule has 7 heteroatoms. The van der Waals surface area contributed by atoms with E-state index >= 15 is 0 Å². The summed E-state index contributed by atoms with van der Waals surface area (Å²) in [6.07, 6.45) is 4.94. The molecule has 1 aliphatic heterocycles. The van der Waals surface area contributed by atoms with E-state index in [1.165, 1.54) is 12.8 Å². The lowest BCUT2D eigenvalue weighted by Gasteiger charge is -2.32. The number of benzene rings is 2. The van der Waals surface area contributed by atoms with Gasteiger partial charge in [0.05, 0.1) is 6.54 Å². The molecule has 0 bridgehead atoms. The Hall–Kier alpha value is -3.03. The van der Waals surface area contributed by atoms with Gasteiger partial charge in [0.15, 0.2) is 5.76 Å². The summed E-state index contributed by atoms with van der Waals surface area (Å²) in [6, 6.07) is 14.9. The quantitative estimate of drug-likeness (QED) is 0.407. The number of fused-ring (bicyclic) bond motifs is 1. The predicted molar refractivity (Wildman–Crippen MR) is 123 cm³/mol. The van der Waals surface area contributed by atoms with Crippen molar-refractivity contribution in [2.75, 3.05) is 26.2 Å². The van der Waals surface area contributed by atoms with Crippen LogP contribution in [0.4, 0.5) is 0 Å². The summed E-state index contributed by atoms with van der Waals surface area (Å²) in [7, 11) is 0. The highest BCUT2D eigenvalue weighted by atomic mass is 16.5. The van der Waals surface area contributed by atoms with Crippen molar-refractivity contribution in [2.24, 2.45) is 0 Å². The van der Waals surface area contributed by atoms with Gasteiger partial charge in [0, 0.05) is 24.5 Å². The molecule has 2 radical (unpaired) electrons. The van der Waals surface area contributed by atoms with Crippen molar-refractivity contribution in [1.82, 2.24) is 9.96 Å². The number of carbonyl (C=O) groups is 1. The van der Waals surface area contributed by atoms with Gasteiger partial charge in [0.2, 0.25) is 0 Å². The second kappa shape index (κ2) is 9.45. The first-order valence-corrected chi connectivity index (χ1v) is 11.5. The Bertz CT molecular complexity index is 1100. The van der Waals surface area contributed by atoms with Crippen LogP contribution in [0.3, 0.4) is 0 Å². The minimum Gasteiger partial charge on any atom is -0.492 e. The number of hydrogen-bond donors (Lipinski definition) is 1. The van der Waals surface area contributed by atoms with Crippen LogP contribution >= 0.6 is 0 Å². The molecular formula is C26H28N2O5. The maximum Gasteiger partial charge on any atom is 0.313 e. The molecule has 2 aliphatic rings. The first-order chi connectivity index (χ1) is 16.0. The third kappa shape index (κ3) is 5.31. The van der Waals surface area contributed by atoms with Gasteiger partial charge in [0.25, 0.3) is 0 Å². The molecule has 1 N–H and O–H groups in total. The average molecular weight is 449 g/mol. The zero-order valence-corrected chi connectivity index (χ0v) is 18.5. The van der Waals surface area contributed by atoms with E-state index in [4.69, 9.17) is 20.8 Å². The number of nitrogens with zero attached hydrogens (tertiary/aromatic N) is 2. The van der Waals surface area contributed by atoms with Crippen LogP contribution in [0.15, 0.2) is 52.9 Å². The van der Waals surface area contributed by atoms with Gasteiger partial charge in [-0.15, -0.1) is 0 Å². The number of hydrogen-bond acceptors (Lipinski definition) is 6. The van der Waals surface area contributed by atoms with Crippen LogP contribution in [0.25, 0.3) is 11.0 Å². The predicted octanol–water partition coefficient (Wildman–Crippen LogP) is 4.41. The molecule has 33 heavy (non-hydrogen) atoms. The van der Waals surface area contributed by atoms with Gasteiger partial charge in [0.1, 0.15) is 29.8 Å². The Morgan fingerprint density at radius 2 is 1.79 bits per heavy atom. The van der Waals surface area contributed by atoms with E-state index in [9.17, 15) is 10.0 Å². The molecular weight excluding hydrogens is 420 g/mol. The molecule has 1 saturated carbocycles. The van der Waals surface area contributed by atoms with Gasteiger partial charge >= 0.3 is 5.91 Å². The lowest BCUT2D eigenvalue weighted by molar-refractivity contribution is -0.0654. The number of hydroxylamine groups is 2. The highest BCUT2D eigenvalue weighted by Gasteiger charge is 2.32. The van der Waals surface area contributed by atoms with Crippen LogP contribution < -0.4 is 9.47 Å². The summed E-state index contributed by atoms with van der Waals surface area (Å²) in [5.74, 6) is 0.821. The third-order valence-corrected chi connectivity index (χ3v) is 6.23. The molecule has 1 aliphatic carbocycles. The number of carbonyl (C=O) groups excluding carboxylic acids is 1. The fourth-order valence-corrected chi connectivity index (χ4v) is 4.23. The monoisotopic (exact) mass is 448 g/mol. The van der Waals surface area contributed by atoms with Gasteiger partial charge in [-0.1, -0.05) is 12.1 Å². The molecule has 1 amide bonds. The molecule has 2 heterocycles. The summed E-state index contributed by atoms with van der Waals surface area (Å²) in [5, 5.41) is 11.5. The molecule has 0 unspecified atom stereocenters. The molecule has 2 fully saturated rings. The molecule has 0 spiro atoms. The zero-order chi connectivity index (χ0) is 22.8. The van der Waals surface area contributed by atoms with E-state index in [0.717, 1.165) is 43.1 Å². The Kier molecular flexibility index (Phi) is 6.24. The third-order valence-electron chi connectivity index (χ3n) is 6.23. The van der Waals surface area contributed by atoms with E-state index in [2.05, 4.69) is 4.90 Å². The highest BCUT2D eigenvalue weighted by molar-refractivity contribution is 5.95. The topological polar surface area (TPSA) is 75.4 Å². The van der Waals surface area contributed by atoms with E-state index < -0.39 is 5.91 Å². The maximum atomic E-state index is 12.6. The normalized spacial score (nSPS) is 17.3. The van der Waals surface area contributed by atoms with Crippen molar-refractivity contribution in [3.05, 3.63) is 66.8 Å². The van der Waals surface area contributed by atoms with E-state index in [1.807, 2.05) is 12.1 Å². The van der Waals surface area contributed by atoms with Crippen molar-refractivity contribution in [3.63, 3.8) is 0 Å². The Morgan fingerprint density at radius 1 is 1.06 bits per heavy atom. The van der Waals surface area contributed by atoms with Crippen molar-refractivity contribution in [1.29, 1.82) is 0 Å². The van der Waals surface area contributed by atoms with E-state index in [-0.39, 0.29) is 25.0 Å². The van der Waals surface area contributed by atoms with Crippen LogP contribution in [0.2, 0.25) is 0 Å². The second-order valence-electron chi connectivity index (χ2n) is 8.74. The van der Waals surface area contributed by atoms with Crippen molar-refractivity contribution < 1.29 is 23.9 Å². The second-order valence-corrected chi connectivity index (χ2v) is 8.74. The van der Waals surface area contributed by atoms with Crippen molar-refractivity contribution >= 4 is 16.9 Å². The Morgan fingerprint density at radius 3 is 2.52 bits per heavy atom. The van der Waals surface area contributed by atoms with Crippen LogP contribution in [0.1, 0.15) is 41.8 Å². The Labute approximate surface area is 193 Å². The highest BCUT2D eigenvalue weighted by Crippen LogP contribution is 2.31. The minimum absolute atomic E-state index is 0.00578. The Balaban J connectivity index is 1.15. The van der Waals surface area contributed by atoms with Crippen LogP contribution in [0, 0.1) is 6.92 Å². The molecule has 1 saturated heterocycles. The molecule has 5 rings (SSSR count). The fourth-order valence-electron chi connectivity index (χ4n) is 4.23. The van der Waals surface area contributed by atoms with Gasteiger partial charge in [-0.25, -0.2) is 5.06 Å². The average Bonchev–Trinajstić information content (AvgIpc) is 3.59. The van der Waals surface area contributed by atoms with Crippen LogP contribution in [-0.4, -0.2) is 59.5 Å². The molecule has 1 aromatic heterocycles. The summed E-state index contributed by atoms with van der Waals surface area (Å²) >= 11 is 0. The summed E-state index contributed by atoms with van der Waals surface area (Å²) in [5.41, 5.74) is 1.21. The molecule has 172 valence electrons.